The van der Waals surface area contributed by atoms with E-state index in [1.807, 2.05) is 20.8 Å². The lowest BCUT2D eigenvalue weighted by atomic mass is 10.1. The molecule has 0 aliphatic heterocycles. The molecule has 0 saturated carbocycles. The molecule has 8 nitrogen and oxygen atoms in total. The number of sulfonamides is 1. The summed E-state index contributed by atoms with van der Waals surface area (Å²) in [5.74, 6) is -0.386. The van der Waals surface area contributed by atoms with E-state index in [1.165, 1.54) is 17.0 Å². The molecule has 41 heavy (non-hydrogen) atoms. The summed E-state index contributed by atoms with van der Waals surface area (Å²) >= 11 is 12.5. The van der Waals surface area contributed by atoms with Crippen LogP contribution in [0.4, 0.5) is 5.69 Å². The lowest BCUT2D eigenvalue weighted by molar-refractivity contribution is -0.140. The lowest BCUT2D eigenvalue weighted by Crippen LogP contribution is -2.53. The first-order valence-corrected chi connectivity index (χ1v) is 15.5. The van der Waals surface area contributed by atoms with Gasteiger partial charge in [0, 0.05) is 22.6 Å². The Labute approximate surface area is 252 Å². The van der Waals surface area contributed by atoms with Crippen LogP contribution in [0, 0.1) is 0 Å². The Bertz CT molecular complexity index is 1430. The van der Waals surface area contributed by atoms with E-state index in [4.69, 9.17) is 27.9 Å². The van der Waals surface area contributed by atoms with Gasteiger partial charge in [-0.3, -0.25) is 13.9 Å². The molecule has 11 heteroatoms. The zero-order valence-corrected chi connectivity index (χ0v) is 25.8. The van der Waals surface area contributed by atoms with Gasteiger partial charge in [0.15, 0.2) is 0 Å². The van der Waals surface area contributed by atoms with Crippen molar-refractivity contribution in [3.05, 3.63) is 88.4 Å². The number of hydrogen-bond donors (Lipinski definition) is 1. The number of hydrogen-bond acceptors (Lipinski definition) is 5. The number of para-hydroxylation sites is 1. The number of amides is 2. The molecule has 3 aromatic rings. The third-order valence-electron chi connectivity index (χ3n) is 6.22. The van der Waals surface area contributed by atoms with E-state index in [-0.39, 0.29) is 23.4 Å². The third kappa shape index (κ3) is 8.38. The molecule has 0 unspecified atom stereocenters. The third-order valence-corrected chi connectivity index (χ3v) is 8.59. The summed E-state index contributed by atoms with van der Waals surface area (Å²) in [6.45, 7) is 7.15. The first-order valence-electron chi connectivity index (χ1n) is 13.3. The minimum absolute atomic E-state index is 0.00510. The summed E-state index contributed by atoms with van der Waals surface area (Å²) in [5, 5.41) is 3.62. The first kappa shape index (κ1) is 32.2. The van der Waals surface area contributed by atoms with Crippen molar-refractivity contribution in [2.45, 2.75) is 57.6 Å². The average Bonchev–Trinajstić information content (AvgIpc) is 2.93. The number of benzene rings is 3. The van der Waals surface area contributed by atoms with Gasteiger partial charge in [0.05, 0.1) is 17.2 Å². The van der Waals surface area contributed by atoms with E-state index in [9.17, 15) is 18.0 Å². The molecule has 1 N–H and O–H groups in total. The van der Waals surface area contributed by atoms with Crippen LogP contribution in [-0.2, 0) is 26.2 Å². The van der Waals surface area contributed by atoms with Crippen molar-refractivity contribution in [3.8, 4) is 5.75 Å². The van der Waals surface area contributed by atoms with Crippen molar-refractivity contribution >= 4 is 50.7 Å². The Kier molecular flexibility index (Phi) is 11.5. The molecule has 3 rings (SSSR count). The topological polar surface area (TPSA) is 96.0 Å². The van der Waals surface area contributed by atoms with Gasteiger partial charge in [-0.25, -0.2) is 8.42 Å². The highest BCUT2D eigenvalue weighted by atomic mass is 35.5. The largest absolute Gasteiger partial charge is 0.494 e. The van der Waals surface area contributed by atoms with E-state index in [0.717, 1.165) is 4.31 Å². The summed E-state index contributed by atoms with van der Waals surface area (Å²) in [6.07, 6.45) is 0.298. The first-order chi connectivity index (χ1) is 19.5. The highest BCUT2D eigenvalue weighted by Gasteiger charge is 2.34. The molecule has 0 aromatic heterocycles. The Balaban J connectivity index is 2.05. The molecule has 0 saturated heterocycles. The molecule has 0 bridgehead atoms. The van der Waals surface area contributed by atoms with Crippen LogP contribution in [0.15, 0.2) is 77.7 Å². The second kappa shape index (κ2) is 14.6. The fraction of sp³-hybridized carbons (Fsp3) is 0.333. The Morgan fingerprint density at radius 1 is 0.951 bits per heavy atom. The number of anilines is 1. The van der Waals surface area contributed by atoms with Crippen LogP contribution < -0.4 is 14.4 Å². The molecule has 220 valence electrons. The van der Waals surface area contributed by atoms with Gasteiger partial charge in [-0.05, 0) is 81.3 Å². The predicted molar refractivity (Wildman–Crippen MR) is 163 cm³/mol. The van der Waals surface area contributed by atoms with Gasteiger partial charge in [-0.1, -0.05) is 54.4 Å². The van der Waals surface area contributed by atoms with Gasteiger partial charge in [0.2, 0.25) is 11.8 Å². The molecule has 2 amide bonds. The Morgan fingerprint density at radius 3 is 2.17 bits per heavy atom. The maximum absolute atomic E-state index is 14.1. The number of nitrogens with zero attached hydrogens (tertiary/aromatic N) is 2. The Hall–Kier alpha value is -3.27. The van der Waals surface area contributed by atoms with E-state index in [1.54, 1.807) is 67.6 Å². The highest BCUT2D eigenvalue weighted by Crippen LogP contribution is 2.27. The molecular formula is C30H35Cl2N3O5S. The minimum Gasteiger partial charge on any atom is -0.494 e. The summed E-state index contributed by atoms with van der Waals surface area (Å²) in [5.41, 5.74) is 0.875. The standard InChI is InChI=1S/C30H35Cl2N3O5S/c1-5-28(30(37)33-21(3)4)34(19-22-12-13-23(31)18-27(22)32)29(36)20-35(24-10-8-7-9-11-24)41(38,39)26-16-14-25(15-17-26)40-6-2/h7-18,21,28H,5-6,19-20H2,1-4H3,(H,33,37)/t28-/m1/s1. The average molecular weight is 621 g/mol. The molecule has 0 fully saturated rings. The normalized spacial score (nSPS) is 12.1. The van der Waals surface area contributed by atoms with E-state index in [0.29, 0.717) is 40.1 Å². The van der Waals surface area contributed by atoms with Crippen molar-refractivity contribution in [2.75, 3.05) is 17.5 Å². The van der Waals surface area contributed by atoms with Crippen LogP contribution >= 0.6 is 23.2 Å². The molecule has 0 radical (unpaired) electrons. The Morgan fingerprint density at radius 2 is 1.61 bits per heavy atom. The summed E-state index contributed by atoms with van der Waals surface area (Å²) in [4.78, 5) is 28.7. The van der Waals surface area contributed by atoms with Crippen molar-refractivity contribution in [1.29, 1.82) is 0 Å². The van der Waals surface area contributed by atoms with Crippen molar-refractivity contribution < 1.29 is 22.7 Å². The zero-order valence-electron chi connectivity index (χ0n) is 23.5. The summed E-state index contributed by atoms with van der Waals surface area (Å²) in [6, 6.07) is 18.2. The second-order valence-corrected chi connectivity index (χ2v) is 12.3. The minimum atomic E-state index is -4.19. The lowest BCUT2D eigenvalue weighted by Gasteiger charge is -2.33. The molecule has 3 aromatic carbocycles. The van der Waals surface area contributed by atoms with Crippen LogP contribution in [0.25, 0.3) is 0 Å². The van der Waals surface area contributed by atoms with Gasteiger partial charge in [-0.15, -0.1) is 0 Å². The van der Waals surface area contributed by atoms with Gasteiger partial charge in [-0.2, -0.15) is 0 Å². The molecule has 0 heterocycles. The van der Waals surface area contributed by atoms with Crippen LogP contribution in [0.1, 0.15) is 39.7 Å². The van der Waals surface area contributed by atoms with E-state index in [2.05, 4.69) is 5.32 Å². The maximum Gasteiger partial charge on any atom is 0.264 e. The fourth-order valence-corrected chi connectivity index (χ4v) is 6.14. The van der Waals surface area contributed by atoms with Gasteiger partial charge in [0.25, 0.3) is 10.0 Å². The van der Waals surface area contributed by atoms with Gasteiger partial charge >= 0.3 is 0 Å². The van der Waals surface area contributed by atoms with E-state index < -0.39 is 28.5 Å². The molecule has 0 aliphatic carbocycles. The maximum atomic E-state index is 14.1. The fourth-order valence-electron chi connectivity index (χ4n) is 4.26. The van der Waals surface area contributed by atoms with Crippen LogP contribution in [0.3, 0.4) is 0 Å². The van der Waals surface area contributed by atoms with Crippen LogP contribution in [0.5, 0.6) is 5.75 Å². The number of carbonyl (C=O) groups excluding carboxylic acids is 2. The quantitative estimate of drug-likeness (QED) is 0.256. The molecular weight excluding hydrogens is 585 g/mol. The predicted octanol–water partition coefficient (Wildman–Crippen LogP) is 5.92. The van der Waals surface area contributed by atoms with Gasteiger partial charge < -0.3 is 15.0 Å². The van der Waals surface area contributed by atoms with Crippen LogP contribution in [-0.4, -0.2) is 50.4 Å². The zero-order chi connectivity index (χ0) is 30.2. The number of carbonyl (C=O) groups is 2. The molecule has 0 spiro atoms. The summed E-state index contributed by atoms with van der Waals surface area (Å²) < 4.78 is 34.4. The van der Waals surface area contributed by atoms with Crippen LogP contribution in [0.2, 0.25) is 10.0 Å². The SMILES string of the molecule is CCOc1ccc(S(=O)(=O)N(CC(=O)N(Cc2ccc(Cl)cc2Cl)[C@H](CC)C(=O)NC(C)C)c2ccccc2)cc1. The number of halogens is 2. The van der Waals surface area contributed by atoms with Crippen molar-refractivity contribution in [2.24, 2.45) is 0 Å². The number of rotatable bonds is 13. The molecule has 0 aliphatic rings. The number of ether oxygens (including phenoxy) is 1. The number of nitrogens with one attached hydrogen (secondary N) is 1. The summed E-state index contributed by atoms with van der Waals surface area (Å²) in [7, 11) is -4.19. The molecule has 1 atom stereocenters. The van der Waals surface area contributed by atoms with Gasteiger partial charge in [0.1, 0.15) is 18.3 Å². The van der Waals surface area contributed by atoms with Crippen molar-refractivity contribution in [3.63, 3.8) is 0 Å². The second-order valence-electron chi connectivity index (χ2n) is 9.60. The van der Waals surface area contributed by atoms with E-state index >= 15 is 0 Å². The monoisotopic (exact) mass is 619 g/mol. The highest BCUT2D eigenvalue weighted by molar-refractivity contribution is 7.92. The van der Waals surface area contributed by atoms with Crippen molar-refractivity contribution in [1.82, 2.24) is 10.2 Å². The smallest absolute Gasteiger partial charge is 0.264 e.